The van der Waals surface area contributed by atoms with E-state index in [2.05, 4.69) is 46.1 Å². The number of aryl methyl sites for hydroxylation is 3. The third-order valence-electron chi connectivity index (χ3n) is 8.55. The van der Waals surface area contributed by atoms with Gasteiger partial charge in [0.15, 0.2) is 0 Å². The van der Waals surface area contributed by atoms with Crippen molar-refractivity contribution in [1.29, 1.82) is 0 Å². The first-order valence-corrected chi connectivity index (χ1v) is 15.4. The highest BCUT2D eigenvalue weighted by molar-refractivity contribution is 5.86. The SMILES string of the molecule is COCCCn1c(C2CCCN(C(=O)CCCc3ccc(-c4ccc(NCCO)nc4)cc3)C2)c(C)c2cccc(F)c21. The summed E-state index contributed by atoms with van der Waals surface area (Å²) in [4.78, 5) is 19.8. The van der Waals surface area contributed by atoms with Gasteiger partial charge < -0.3 is 24.6 Å². The molecule has 5 rings (SSSR count). The highest BCUT2D eigenvalue weighted by Gasteiger charge is 2.29. The second kappa shape index (κ2) is 14.6. The van der Waals surface area contributed by atoms with Gasteiger partial charge in [-0.15, -0.1) is 0 Å². The van der Waals surface area contributed by atoms with E-state index in [1.54, 1.807) is 13.2 Å². The monoisotopic (exact) mass is 586 g/mol. The van der Waals surface area contributed by atoms with Gasteiger partial charge in [-0.25, -0.2) is 9.37 Å². The molecular formula is C35H43FN4O3. The molecule has 1 amide bonds. The third kappa shape index (κ3) is 7.25. The number of benzene rings is 2. The molecule has 43 heavy (non-hydrogen) atoms. The lowest BCUT2D eigenvalue weighted by atomic mass is 9.91. The number of carbonyl (C=O) groups excluding carboxylic acids is 1. The molecule has 0 bridgehead atoms. The van der Waals surface area contributed by atoms with E-state index in [0.717, 1.165) is 66.5 Å². The largest absolute Gasteiger partial charge is 0.395 e. The number of para-hydroxylation sites is 1. The van der Waals surface area contributed by atoms with Crippen molar-refractivity contribution in [2.75, 3.05) is 45.3 Å². The Hall–Kier alpha value is -3.75. The zero-order valence-electron chi connectivity index (χ0n) is 25.3. The van der Waals surface area contributed by atoms with Crippen molar-refractivity contribution in [3.63, 3.8) is 0 Å². The number of nitrogens with zero attached hydrogens (tertiary/aromatic N) is 3. The first-order valence-electron chi connectivity index (χ1n) is 15.4. The Kier molecular flexibility index (Phi) is 10.4. The van der Waals surface area contributed by atoms with E-state index < -0.39 is 0 Å². The Morgan fingerprint density at radius 1 is 1.12 bits per heavy atom. The minimum Gasteiger partial charge on any atom is -0.395 e. The summed E-state index contributed by atoms with van der Waals surface area (Å²) >= 11 is 0. The van der Waals surface area contributed by atoms with Crippen LogP contribution in [0.2, 0.25) is 0 Å². The number of pyridine rings is 1. The normalized spacial score (nSPS) is 15.3. The quantitative estimate of drug-likeness (QED) is 0.179. The van der Waals surface area contributed by atoms with Gasteiger partial charge in [0, 0.05) is 75.1 Å². The second-order valence-electron chi connectivity index (χ2n) is 11.5. The van der Waals surface area contributed by atoms with Crippen LogP contribution in [-0.2, 0) is 22.5 Å². The van der Waals surface area contributed by atoms with Crippen LogP contribution in [-0.4, -0.2) is 65.4 Å². The van der Waals surface area contributed by atoms with Crippen molar-refractivity contribution in [2.45, 2.75) is 57.9 Å². The fraction of sp³-hybridized carbons (Fsp3) is 0.429. The summed E-state index contributed by atoms with van der Waals surface area (Å²) in [5.74, 6) is 0.941. The Bertz CT molecular complexity index is 1500. The number of anilines is 1. The molecular weight excluding hydrogens is 543 g/mol. The summed E-state index contributed by atoms with van der Waals surface area (Å²) in [6.45, 7) is 5.42. The number of nitrogens with one attached hydrogen (secondary N) is 1. The van der Waals surface area contributed by atoms with Crippen molar-refractivity contribution in [3.8, 4) is 11.1 Å². The number of aliphatic hydroxyl groups is 1. The number of hydrogen-bond donors (Lipinski definition) is 2. The number of likely N-dealkylation sites (tertiary alicyclic amines) is 1. The van der Waals surface area contributed by atoms with Crippen LogP contribution in [0.5, 0.6) is 0 Å². The van der Waals surface area contributed by atoms with Crippen LogP contribution in [0.4, 0.5) is 10.2 Å². The maximum atomic E-state index is 15.0. The summed E-state index contributed by atoms with van der Waals surface area (Å²) in [6, 6.07) is 17.7. The molecule has 1 fully saturated rings. The topological polar surface area (TPSA) is 79.6 Å². The molecule has 1 aliphatic heterocycles. The van der Waals surface area contributed by atoms with Gasteiger partial charge in [-0.1, -0.05) is 36.4 Å². The number of aliphatic hydroxyl groups excluding tert-OH is 1. The van der Waals surface area contributed by atoms with Crippen molar-refractivity contribution >= 4 is 22.6 Å². The smallest absolute Gasteiger partial charge is 0.222 e. The third-order valence-corrected chi connectivity index (χ3v) is 8.55. The van der Waals surface area contributed by atoms with Crippen LogP contribution in [0.3, 0.4) is 0 Å². The van der Waals surface area contributed by atoms with E-state index in [4.69, 9.17) is 9.84 Å². The zero-order chi connectivity index (χ0) is 30.2. The Balaban J connectivity index is 1.19. The fourth-order valence-corrected chi connectivity index (χ4v) is 6.42. The molecule has 0 radical (unpaired) electrons. The van der Waals surface area contributed by atoms with Crippen LogP contribution in [0.15, 0.2) is 60.8 Å². The van der Waals surface area contributed by atoms with Gasteiger partial charge in [-0.05, 0) is 73.9 Å². The molecule has 8 heteroatoms. The van der Waals surface area contributed by atoms with Crippen molar-refractivity contribution in [3.05, 3.63) is 83.4 Å². The molecule has 1 saturated heterocycles. The number of carbonyl (C=O) groups is 1. The highest BCUT2D eigenvalue weighted by Crippen LogP contribution is 2.37. The number of halogens is 1. The Morgan fingerprint density at radius 2 is 1.93 bits per heavy atom. The number of fused-ring (bicyclic) bond motifs is 1. The fourth-order valence-electron chi connectivity index (χ4n) is 6.42. The lowest BCUT2D eigenvalue weighted by molar-refractivity contribution is -0.132. The lowest BCUT2D eigenvalue weighted by Crippen LogP contribution is -2.39. The maximum absolute atomic E-state index is 15.0. The highest BCUT2D eigenvalue weighted by atomic mass is 19.1. The second-order valence-corrected chi connectivity index (χ2v) is 11.5. The van der Waals surface area contributed by atoms with Gasteiger partial charge in [0.25, 0.3) is 0 Å². The minimum atomic E-state index is -0.192. The molecule has 4 aromatic rings. The standard InChI is InChI=1S/C35H43FN4O3/c1-25-30-9-4-10-31(36)35(30)40(20-6-22-43-2)34(25)29-8-5-19-39(24-29)33(42)11-3-7-26-12-14-27(15-13-26)28-16-17-32(38-23-28)37-18-21-41/h4,9-10,12-17,23,29,41H,3,5-8,11,18-22,24H2,1-2H3,(H,37,38). The molecule has 1 unspecified atom stereocenters. The van der Waals surface area contributed by atoms with Crippen LogP contribution >= 0.6 is 0 Å². The molecule has 3 heterocycles. The van der Waals surface area contributed by atoms with Gasteiger partial charge in [-0.2, -0.15) is 0 Å². The van der Waals surface area contributed by atoms with E-state index in [9.17, 15) is 4.79 Å². The van der Waals surface area contributed by atoms with Crippen LogP contribution in [0.1, 0.15) is 54.8 Å². The number of ether oxygens (including phenoxy) is 1. The molecule has 7 nitrogen and oxygen atoms in total. The maximum Gasteiger partial charge on any atom is 0.222 e. The average Bonchev–Trinajstić information content (AvgIpc) is 3.33. The molecule has 0 aliphatic carbocycles. The summed E-state index contributed by atoms with van der Waals surface area (Å²) < 4.78 is 22.5. The van der Waals surface area contributed by atoms with Crippen LogP contribution in [0, 0.1) is 12.7 Å². The summed E-state index contributed by atoms with van der Waals surface area (Å²) in [5, 5.41) is 13.0. The van der Waals surface area contributed by atoms with E-state index in [1.165, 1.54) is 17.3 Å². The van der Waals surface area contributed by atoms with Crippen LogP contribution in [0.25, 0.3) is 22.0 Å². The molecule has 228 valence electrons. The molecule has 0 spiro atoms. The Morgan fingerprint density at radius 3 is 2.67 bits per heavy atom. The summed E-state index contributed by atoms with van der Waals surface area (Å²) in [6.07, 6.45) is 6.75. The van der Waals surface area contributed by atoms with Crippen LogP contribution < -0.4 is 5.32 Å². The summed E-state index contributed by atoms with van der Waals surface area (Å²) in [5.41, 5.74) is 6.30. The van der Waals surface area contributed by atoms with E-state index in [1.807, 2.05) is 29.3 Å². The van der Waals surface area contributed by atoms with E-state index in [-0.39, 0.29) is 24.2 Å². The average molecular weight is 587 g/mol. The number of hydrogen-bond acceptors (Lipinski definition) is 5. The Labute approximate surface area is 253 Å². The predicted molar refractivity (Wildman–Crippen MR) is 170 cm³/mol. The molecule has 2 aromatic heterocycles. The van der Waals surface area contributed by atoms with Crippen molar-refractivity contribution in [1.82, 2.24) is 14.5 Å². The van der Waals surface area contributed by atoms with Gasteiger partial charge in [0.05, 0.1) is 12.1 Å². The van der Waals surface area contributed by atoms with Crippen molar-refractivity contribution < 1.29 is 19.0 Å². The minimum absolute atomic E-state index is 0.0685. The number of aromatic nitrogens is 2. The molecule has 2 aromatic carbocycles. The number of piperidine rings is 1. The van der Waals surface area contributed by atoms with Gasteiger partial charge in [0.1, 0.15) is 11.6 Å². The van der Waals surface area contributed by atoms with Gasteiger partial charge in [-0.3, -0.25) is 4.79 Å². The molecule has 0 saturated carbocycles. The van der Waals surface area contributed by atoms with E-state index >= 15 is 4.39 Å². The number of amides is 1. The van der Waals surface area contributed by atoms with E-state index in [0.29, 0.717) is 38.2 Å². The first-order chi connectivity index (χ1) is 21.0. The van der Waals surface area contributed by atoms with Crippen molar-refractivity contribution in [2.24, 2.45) is 0 Å². The zero-order valence-corrected chi connectivity index (χ0v) is 25.3. The first kappa shape index (κ1) is 30.7. The summed E-state index contributed by atoms with van der Waals surface area (Å²) in [7, 11) is 1.69. The lowest BCUT2D eigenvalue weighted by Gasteiger charge is -2.34. The number of methoxy groups -OCH3 is 1. The van der Waals surface area contributed by atoms with Gasteiger partial charge >= 0.3 is 0 Å². The molecule has 1 atom stereocenters. The van der Waals surface area contributed by atoms with Gasteiger partial charge in [0.2, 0.25) is 5.91 Å². The number of rotatable bonds is 13. The molecule has 2 N–H and O–H groups in total. The molecule has 1 aliphatic rings. The predicted octanol–water partition coefficient (Wildman–Crippen LogP) is 6.32.